The average molecular weight is 318 g/mol. The summed E-state index contributed by atoms with van der Waals surface area (Å²) in [5.74, 6) is -0.269. The van der Waals surface area contributed by atoms with Crippen molar-refractivity contribution < 1.29 is 24.2 Å². The first-order valence-electron chi connectivity index (χ1n) is 6.94. The highest BCUT2D eigenvalue weighted by Gasteiger charge is 2.27. The number of thioether (sulfide) groups is 1. The first kappa shape index (κ1) is 17.8. The second-order valence-corrected chi connectivity index (χ2v) is 6.02. The molecule has 1 atom stereocenters. The summed E-state index contributed by atoms with van der Waals surface area (Å²) in [5.41, 5.74) is 0. The molecule has 7 nitrogen and oxygen atoms in total. The van der Waals surface area contributed by atoms with E-state index in [1.165, 1.54) is 11.8 Å². The summed E-state index contributed by atoms with van der Waals surface area (Å²) in [6, 6.07) is 0. The number of hydrogen-bond acceptors (Lipinski definition) is 6. The van der Waals surface area contributed by atoms with Gasteiger partial charge in [-0.25, -0.2) is 4.79 Å². The van der Waals surface area contributed by atoms with Crippen LogP contribution >= 0.6 is 11.8 Å². The number of nitrogens with zero attached hydrogens (tertiary/aromatic N) is 2. The van der Waals surface area contributed by atoms with Crippen molar-refractivity contribution in [1.82, 2.24) is 9.80 Å². The summed E-state index contributed by atoms with van der Waals surface area (Å²) in [5, 5.41) is 8.87. The van der Waals surface area contributed by atoms with Crippen molar-refractivity contribution >= 4 is 28.9 Å². The highest BCUT2D eigenvalue weighted by molar-refractivity contribution is 8.13. The van der Waals surface area contributed by atoms with Crippen LogP contribution in [-0.2, 0) is 14.3 Å². The number of amides is 1. The van der Waals surface area contributed by atoms with E-state index in [9.17, 15) is 14.4 Å². The maximum absolute atomic E-state index is 11.9. The summed E-state index contributed by atoms with van der Waals surface area (Å²) >= 11 is 1.12. The number of carbonyl (C=O) groups excluding carboxylic acids is 2. The molecule has 1 amide bonds. The van der Waals surface area contributed by atoms with E-state index in [-0.39, 0.29) is 17.0 Å². The van der Waals surface area contributed by atoms with E-state index in [1.54, 1.807) is 6.92 Å². The third-order valence-electron chi connectivity index (χ3n) is 3.23. The van der Waals surface area contributed by atoms with Crippen LogP contribution in [-0.4, -0.2) is 77.2 Å². The van der Waals surface area contributed by atoms with Gasteiger partial charge in [0, 0.05) is 45.4 Å². The fourth-order valence-corrected chi connectivity index (χ4v) is 2.78. The Balaban J connectivity index is 2.50. The minimum atomic E-state index is -0.913. The normalized spacial score (nSPS) is 17.3. The summed E-state index contributed by atoms with van der Waals surface area (Å²) in [6.07, 6.45) is -0.913. The van der Waals surface area contributed by atoms with Gasteiger partial charge in [0.2, 0.25) is 0 Å². The molecule has 1 rings (SSSR count). The number of esters is 1. The van der Waals surface area contributed by atoms with Crippen LogP contribution in [0.15, 0.2) is 0 Å². The average Bonchev–Trinajstić information content (AvgIpc) is 2.43. The van der Waals surface area contributed by atoms with Gasteiger partial charge in [-0.05, 0) is 6.92 Å². The second kappa shape index (κ2) is 8.89. The van der Waals surface area contributed by atoms with Crippen LogP contribution in [0.2, 0.25) is 0 Å². The highest BCUT2D eigenvalue weighted by Crippen LogP contribution is 2.14. The SMILES string of the molecule is CCOC(=O)C(CSC(C)=O)CN1CCN(C(=O)O)CC1. The van der Waals surface area contributed by atoms with Gasteiger partial charge in [0.05, 0.1) is 12.5 Å². The van der Waals surface area contributed by atoms with Crippen LogP contribution < -0.4 is 0 Å². The zero-order valence-electron chi connectivity index (χ0n) is 12.4. The Morgan fingerprint density at radius 3 is 2.33 bits per heavy atom. The molecule has 1 fully saturated rings. The molecule has 1 aliphatic heterocycles. The molecule has 0 aromatic carbocycles. The molecule has 0 spiro atoms. The molecule has 0 aliphatic carbocycles. The smallest absolute Gasteiger partial charge is 0.407 e. The fourth-order valence-electron chi connectivity index (χ4n) is 2.11. The third-order valence-corrected chi connectivity index (χ3v) is 4.20. The number of carbonyl (C=O) groups is 3. The van der Waals surface area contributed by atoms with Gasteiger partial charge in [0.15, 0.2) is 5.12 Å². The summed E-state index contributed by atoms with van der Waals surface area (Å²) < 4.78 is 5.04. The first-order valence-corrected chi connectivity index (χ1v) is 7.92. The van der Waals surface area contributed by atoms with Crippen LogP contribution in [0.1, 0.15) is 13.8 Å². The molecule has 1 unspecified atom stereocenters. The van der Waals surface area contributed by atoms with E-state index >= 15 is 0 Å². The summed E-state index contributed by atoms with van der Waals surface area (Å²) in [7, 11) is 0. The maximum Gasteiger partial charge on any atom is 0.407 e. The lowest BCUT2D eigenvalue weighted by molar-refractivity contribution is -0.147. The van der Waals surface area contributed by atoms with Gasteiger partial charge in [-0.3, -0.25) is 14.5 Å². The van der Waals surface area contributed by atoms with E-state index < -0.39 is 6.09 Å². The monoisotopic (exact) mass is 318 g/mol. The molecule has 1 aliphatic rings. The van der Waals surface area contributed by atoms with Crippen LogP contribution in [0.5, 0.6) is 0 Å². The number of ether oxygens (including phenoxy) is 1. The van der Waals surface area contributed by atoms with Gasteiger partial charge in [0.25, 0.3) is 0 Å². The van der Waals surface area contributed by atoms with Crippen molar-refractivity contribution in [3.05, 3.63) is 0 Å². The van der Waals surface area contributed by atoms with Crippen LogP contribution in [0, 0.1) is 5.92 Å². The Hall–Kier alpha value is -1.28. The summed E-state index contributed by atoms with van der Waals surface area (Å²) in [6.45, 7) is 6.08. The van der Waals surface area contributed by atoms with E-state index in [1.807, 2.05) is 4.90 Å². The minimum Gasteiger partial charge on any atom is -0.466 e. The van der Waals surface area contributed by atoms with Crippen molar-refractivity contribution in [1.29, 1.82) is 0 Å². The van der Waals surface area contributed by atoms with Crippen molar-refractivity contribution in [2.45, 2.75) is 13.8 Å². The number of piperazine rings is 1. The molecular formula is C13H22N2O5S. The third kappa shape index (κ3) is 6.34. The molecule has 0 aromatic heterocycles. The standard InChI is InChI=1S/C13H22N2O5S/c1-3-20-12(17)11(9-21-10(2)16)8-14-4-6-15(7-5-14)13(18)19/h11H,3-9H2,1-2H3,(H,18,19). The van der Waals surface area contributed by atoms with Crippen molar-refractivity contribution in [2.75, 3.05) is 45.1 Å². The predicted octanol–water partition coefficient (Wildman–Crippen LogP) is 0.741. The van der Waals surface area contributed by atoms with Gasteiger partial charge in [0.1, 0.15) is 0 Å². The van der Waals surface area contributed by atoms with Crippen LogP contribution in [0.3, 0.4) is 0 Å². The van der Waals surface area contributed by atoms with E-state index in [2.05, 4.69) is 0 Å². The first-order chi connectivity index (χ1) is 9.93. The number of carboxylic acid groups (broad SMARTS) is 1. The van der Waals surface area contributed by atoms with Crippen molar-refractivity contribution in [3.63, 3.8) is 0 Å². The van der Waals surface area contributed by atoms with E-state index in [0.717, 1.165) is 11.8 Å². The Labute approximate surface area is 128 Å². The van der Waals surface area contributed by atoms with Gasteiger partial charge in [-0.15, -0.1) is 0 Å². The fraction of sp³-hybridized carbons (Fsp3) is 0.769. The molecule has 0 saturated carbocycles. The van der Waals surface area contributed by atoms with E-state index in [4.69, 9.17) is 9.84 Å². The molecule has 21 heavy (non-hydrogen) atoms. The number of rotatable bonds is 6. The minimum absolute atomic E-state index is 0.0278. The van der Waals surface area contributed by atoms with Crippen molar-refractivity contribution in [2.24, 2.45) is 5.92 Å². The largest absolute Gasteiger partial charge is 0.466 e. The molecular weight excluding hydrogens is 296 g/mol. The molecule has 8 heteroatoms. The lowest BCUT2D eigenvalue weighted by atomic mass is 10.1. The van der Waals surface area contributed by atoms with Gasteiger partial charge >= 0.3 is 12.1 Å². The lowest BCUT2D eigenvalue weighted by Crippen LogP contribution is -2.50. The quantitative estimate of drug-likeness (QED) is 0.723. The molecule has 1 N–H and O–H groups in total. The zero-order chi connectivity index (χ0) is 15.8. The second-order valence-electron chi connectivity index (χ2n) is 4.82. The molecule has 0 radical (unpaired) electrons. The molecule has 0 bridgehead atoms. The van der Waals surface area contributed by atoms with Crippen molar-refractivity contribution in [3.8, 4) is 0 Å². The predicted molar refractivity (Wildman–Crippen MR) is 79.3 cm³/mol. The summed E-state index contributed by atoms with van der Waals surface area (Å²) in [4.78, 5) is 37.2. The molecule has 1 heterocycles. The maximum atomic E-state index is 11.9. The Morgan fingerprint density at radius 2 is 1.86 bits per heavy atom. The highest BCUT2D eigenvalue weighted by atomic mass is 32.2. The Kier molecular flexibility index (Phi) is 7.52. The van der Waals surface area contributed by atoms with Crippen LogP contribution in [0.25, 0.3) is 0 Å². The van der Waals surface area contributed by atoms with Gasteiger partial charge in [-0.1, -0.05) is 11.8 Å². The lowest BCUT2D eigenvalue weighted by Gasteiger charge is -2.34. The van der Waals surface area contributed by atoms with Gasteiger partial charge < -0.3 is 14.7 Å². The van der Waals surface area contributed by atoms with Crippen LogP contribution in [0.4, 0.5) is 4.79 Å². The zero-order valence-corrected chi connectivity index (χ0v) is 13.2. The van der Waals surface area contributed by atoms with Gasteiger partial charge in [-0.2, -0.15) is 0 Å². The number of hydrogen-bond donors (Lipinski definition) is 1. The molecule has 120 valence electrons. The van der Waals surface area contributed by atoms with E-state index in [0.29, 0.717) is 45.1 Å². The topological polar surface area (TPSA) is 87.2 Å². The molecule has 0 aromatic rings. The molecule has 1 saturated heterocycles. The Morgan fingerprint density at radius 1 is 1.24 bits per heavy atom. The Bertz CT molecular complexity index is 383.